The molecule has 0 heterocycles. The van der Waals surface area contributed by atoms with Crippen LogP contribution in [0.1, 0.15) is 44.6 Å². The van der Waals surface area contributed by atoms with E-state index in [9.17, 15) is 15.0 Å². The number of methoxy groups -OCH3 is 1. The number of allylic oxidation sites excluding steroid dienone is 1. The van der Waals surface area contributed by atoms with Gasteiger partial charge in [0.15, 0.2) is 17.3 Å². The van der Waals surface area contributed by atoms with Crippen molar-refractivity contribution in [3.05, 3.63) is 29.8 Å². The Bertz CT molecular complexity index is 480. The van der Waals surface area contributed by atoms with Gasteiger partial charge in [0.05, 0.1) is 13.2 Å². The Hall–Kier alpha value is -1.81. The van der Waals surface area contributed by atoms with E-state index in [1.54, 1.807) is 18.2 Å². The minimum atomic E-state index is -0.567. The van der Waals surface area contributed by atoms with Gasteiger partial charge < -0.3 is 14.9 Å². The van der Waals surface area contributed by atoms with E-state index in [1.165, 1.54) is 19.3 Å². The first-order valence-corrected chi connectivity index (χ1v) is 7.32. The zero-order valence-electron chi connectivity index (χ0n) is 12.7. The number of hydrogen-bond donors (Lipinski definition) is 2. The number of unbranched alkanes of at least 4 members (excludes halogenated alkanes) is 2. The first-order valence-electron chi connectivity index (χ1n) is 7.32. The van der Waals surface area contributed by atoms with Crippen LogP contribution in [0.3, 0.4) is 0 Å². The first kappa shape index (κ1) is 17.2. The van der Waals surface area contributed by atoms with Gasteiger partial charge in [0.25, 0.3) is 0 Å². The Morgan fingerprint density at radius 1 is 1.38 bits per heavy atom. The summed E-state index contributed by atoms with van der Waals surface area (Å²) in [7, 11) is 1.47. The molecule has 0 saturated carbocycles. The van der Waals surface area contributed by atoms with Gasteiger partial charge >= 0.3 is 0 Å². The molecule has 0 aliphatic carbocycles. The fraction of sp³-hybridized carbons (Fsp3) is 0.471. The number of carbonyl (C=O) groups excluding carboxylic acids is 1. The normalized spacial score (nSPS) is 12.5. The van der Waals surface area contributed by atoms with Crippen LogP contribution in [0.25, 0.3) is 6.08 Å². The molecular formula is C17H24O4. The molecule has 0 radical (unpaired) electrons. The summed E-state index contributed by atoms with van der Waals surface area (Å²) >= 11 is 0. The number of phenolic OH excluding ortho intramolecular Hbond substituents is 1. The smallest absolute Gasteiger partial charge is 0.161 e. The van der Waals surface area contributed by atoms with E-state index in [4.69, 9.17) is 4.74 Å². The van der Waals surface area contributed by atoms with Gasteiger partial charge in [0.1, 0.15) is 0 Å². The second-order valence-electron chi connectivity index (χ2n) is 5.08. The van der Waals surface area contributed by atoms with Crippen molar-refractivity contribution in [2.45, 2.75) is 45.1 Å². The lowest BCUT2D eigenvalue weighted by Crippen LogP contribution is -2.11. The van der Waals surface area contributed by atoms with Crippen LogP contribution in [0.15, 0.2) is 24.3 Å². The Morgan fingerprint density at radius 3 is 2.81 bits per heavy atom. The van der Waals surface area contributed by atoms with Gasteiger partial charge in [0, 0.05) is 6.42 Å². The number of rotatable bonds is 9. The van der Waals surface area contributed by atoms with Crippen LogP contribution in [0.5, 0.6) is 11.5 Å². The molecule has 116 valence electrons. The predicted octanol–water partition coefficient (Wildman–Crippen LogP) is 3.31. The van der Waals surface area contributed by atoms with Gasteiger partial charge in [-0.2, -0.15) is 0 Å². The molecule has 0 bridgehead atoms. The van der Waals surface area contributed by atoms with Crippen LogP contribution in [0.4, 0.5) is 0 Å². The van der Waals surface area contributed by atoms with E-state index in [1.807, 2.05) is 0 Å². The lowest BCUT2D eigenvalue weighted by atomic mass is 10.0. The highest BCUT2D eigenvalue weighted by atomic mass is 16.5. The molecule has 0 aromatic heterocycles. The molecule has 1 aromatic rings. The monoisotopic (exact) mass is 292 g/mol. The summed E-state index contributed by atoms with van der Waals surface area (Å²) in [5.74, 6) is 0.322. The SMILES string of the molecule is CCCCC[C@@H](O)CC(=O)/C=C/c1ccc(O)c(OC)c1. The topological polar surface area (TPSA) is 66.8 Å². The van der Waals surface area contributed by atoms with Crippen molar-refractivity contribution in [3.63, 3.8) is 0 Å². The molecule has 0 amide bonds. The van der Waals surface area contributed by atoms with Gasteiger partial charge in [0.2, 0.25) is 0 Å². The summed E-state index contributed by atoms with van der Waals surface area (Å²) in [6, 6.07) is 4.86. The number of ketones is 1. The summed E-state index contributed by atoms with van der Waals surface area (Å²) in [5, 5.41) is 19.2. The largest absolute Gasteiger partial charge is 0.504 e. The molecule has 4 nitrogen and oxygen atoms in total. The minimum absolute atomic E-state index is 0.0623. The van der Waals surface area contributed by atoms with E-state index < -0.39 is 6.10 Å². The molecule has 0 fully saturated rings. The quantitative estimate of drug-likeness (QED) is 0.541. The molecule has 0 unspecified atom stereocenters. The third-order valence-electron chi connectivity index (χ3n) is 3.24. The van der Waals surface area contributed by atoms with Crippen molar-refractivity contribution < 1.29 is 19.7 Å². The molecule has 2 N–H and O–H groups in total. The molecule has 0 saturated heterocycles. The molecule has 21 heavy (non-hydrogen) atoms. The summed E-state index contributed by atoms with van der Waals surface area (Å²) in [5.41, 5.74) is 0.762. The standard InChI is InChI=1S/C17H24O4/c1-3-4-5-6-14(18)12-15(19)9-7-13-8-10-16(20)17(11-13)21-2/h7-11,14,18,20H,3-6,12H2,1-2H3/b9-7+/t14-/m1/s1. The number of ether oxygens (including phenoxy) is 1. The Balaban J connectivity index is 2.50. The first-order chi connectivity index (χ1) is 10.1. The fourth-order valence-electron chi connectivity index (χ4n) is 2.02. The van der Waals surface area contributed by atoms with Crippen LogP contribution in [-0.2, 0) is 4.79 Å². The third-order valence-corrected chi connectivity index (χ3v) is 3.24. The lowest BCUT2D eigenvalue weighted by Gasteiger charge is -2.07. The molecule has 0 spiro atoms. The maximum absolute atomic E-state index is 11.8. The number of aliphatic hydroxyl groups excluding tert-OH is 1. The van der Waals surface area contributed by atoms with Crippen molar-refractivity contribution in [3.8, 4) is 11.5 Å². The fourth-order valence-corrected chi connectivity index (χ4v) is 2.02. The number of aliphatic hydroxyl groups is 1. The summed E-state index contributed by atoms with van der Waals surface area (Å²) in [6.07, 6.45) is 6.48. The van der Waals surface area contributed by atoms with Crippen LogP contribution in [0.2, 0.25) is 0 Å². The van der Waals surface area contributed by atoms with E-state index in [0.717, 1.165) is 24.8 Å². The lowest BCUT2D eigenvalue weighted by molar-refractivity contribution is -0.116. The zero-order valence-corrected chi connectivity index (χ0v) is 12.7. The second kappa shape index (κ2) is 9.19. The van der Waals surface area contributed by atoms with Gasteiger partial charge in [-0.25, -0.2) is 0 Å². The minimum Gasteiger partial charge on any atom is -0.504 e. The Labute approximate surface area is 126 Å². The average Bonchev–Trinajstić information content (AvgIpc) is 2.46. The maximum Gasteiger partial charge on any atom is 0.161 e. The number of aromatic hydroxyl groups is 1. The van der Waals surface area contributed by atoms with Crippen molar-refractivity contribution in [2.75, 3.05) is 7.11 Å². The van der Waals surface area contributed by atoms with Crippen LogP contribution < -0.4 is 4.74 Å². The predicted molar refractivity (Wildman–Crippen MR) is 83.5 cm³/mol. The van der Waals surface area contributed by atoms with Crippen molar-refractivity contribution in [1.29, 1.82) is 0 Å². The van der Waals surface area contributed by atoms with Crippen LogP contribution in [0, 0.1) is 0 Å². The highest BCUT2D eigenvalue weighted by Gasteiger charge is 2.08. The summed E-state index contributed by atoms with van der Waals surface area (Å²) < 4.78 is 5.00. The Morgan fingerprint density at radius 2 is 2.14 bits per heavy atom. The zero-order chi connectivity index (χ0) is 15.7. The highest BCUT2D eigenvalue weighted by Crippen LogP contribution is 2.26. The molecule has 0 aliphatic rings. The van der Waals surface area contributed by atoms with Crippen molar-refractivity contribution in [2.24, 2.45) is 0 Å². The van der Waals surface area contributed by atoms with Crippen LogP contribution in [-0.4, -0.2) is 29.2 Å². The van der Waals surface area contributed by atoms with Gasteiger partial charge in [-0.3, -0.25) is 4.79 Å². The number of phenols is 1. The maximum atomic E-state index is 11.8. The third kappa shape index (κ3) is 6.45. The van der Waals surface area contributed by atoms with E-state index in [-0.39, 0.29) is 18.0 Å². The van der Waals surface area contributed by atoms with Gasteiger partial charge in [-0.15, -0.1) is 0 Å². The Kier molecular flexibility index (Phi) is 7.54. The van der Waals surface area contributed by atoms with Gasteiger partial charge in [-0.05, 0) is 30.2 Å². The van der Waals surface area contributed by atoms with Crippen molar-refractivity contribution >= 4 is 11.9 Å². The van der Waals surface area contributed by atoms with Crippen molar-refractivity contribution in [1.82, 2.24) is 0 Å². The van der Waals surface area contributed by atoms with E-state index in [2.05, 4.69) is 6.92 Å². The number of benzene rings is 1. The molecule has 0 aliphatic heterocycles. The highest BCUT2D eigenvalue weighted by molar-refractivity contribution is 5.93. The van der Waals surface area contributed by atoms with E-state index in [0.29, 0.717) is 12.2 Å². The molecular weight excluding hydrogens is 268 g/mol. The summed E-state index contributed by atoms with van der Waals surface area (Å²) in [4.78, 5) is 11.8. The van der Waals surface area contributed by atoms with Gasteiger partial charge in [-0.1, -0.05) is 38.3 Å². The molecule has 1 rings (SSSR count). The van der Waals surface area contributed by atoms with E-state index >= 15 is 0 Å². The average molecular weight is 292 g/mol. The molecule has 1 atom stereocenters. The molecule has 1 aromatic carbocycles. The number of hydrogen-bond acceptors (Lipinski definition) is 4. The summed E-state index contributed by atoms with van der Waals surface area (Å²) in [6.45, 7) is 2.10. The van der Waals surface area contributed by atoms with Crippen LogP contribution >= 0.6 is 0 Å². The molecule has 4 heteroatoms. The number of carbonyl (C=O) groups is 1. The second-order valence-corrected chi connectivity index (χ2v) is 5.08.